The molecular weight excluding hydrogens is 166 g/mol. The number of rotatable bonds is 0. The molecule has 0 saturated carbocycles. The molecule has 4 heteroatoms. The van der Waals surface area contributed by atoms with E-state index in [1.165, 1.54) is 6.07 Å². The minimum absolute atomic E-state index is 0.299. The number of hydrogen-bond acceptors (Lipinski definition) is 3. The van der Waals surface area contributed by atoms with Gasteiger partial charge < -0.3 is 5.73 Å². The molecule has 0 aliphatic carbocycles. The quantitative estimate of drug-likeness (QED) is 0.637. The van der Waals surface area contributed by atoms with Crippen LogP contribution in [0.15, 0.2) is 29.2 Å². The van der Waals surface area contributed by atoms with E-state index in [1.807, 2.05) is 19.1 Å². The van der Waals surface area contributed by atoms with Crippen molar-refractivity contribution in [3.8, 4) is 0 Å². The Balaban J connectivity index is 3.03. The molecule has 66 valence electrons. The Morgan fingerprint density at radius 1 is 1.54 bits per heavy atom. The first-order valence-corrected chi connectivity index (χ1v) is 3.93. The molecule has 0 bridgehead atoms. The van der Waals surface area contributed by atoms with Crippen molar-refractivity contribution in [1.82, 2.24) is 9.38 Å². The van der Waals surface area contributed by atoms with Crippen LogP contribution in [0.3, 0.4) is 0 Å². The first kappa shape index (κ1) is 7.79. The zero-order valence-corrected chi connectivity index (χ0v) is 7.19. The van der Waals surface area contributed by atoms with Crippen molar-refractivity contribution in [2.75, 3.05) is 5.73 Å². The highest BCUT2D eigenvalue weighted by molar-refractivity contribution is 5.51. The van der Waals surface area contributed by atoms with Gasteiger partial charge in [-0.1, -0.05) is 6.07 Å². The fraction of sp³-hybridized carbons (Fsp3) is 0.111. The van der Waals surface area contributed by atoms with Gasteiger partial charge in [-0.15, -0.1) is 0 Å². The molecule has 0 saturated heterocycles. The van der Waals surface area contributed by atoms with Gasteiger partial charge in [-0.3, -0.25) is 9.20 Å². The lowest BCUT2D eigenvalue weighted by Gasteiger charge is -2.04. The van der Waals surface area contributed by atoms with E-state index in [1.54, 1.807) is 10.6 Å². The maximum Gasteiger partial charge on any atom is 0.275 e. The normalized spacial score (nSPS) is 10.5. The number of hydrogen-bond donors (Lipinski definition) is 1. The average molecular weight is 175 g/mol. The fourth-order valence-corrected chi connectivity index (χ4v) is 1.29. The Hall–Kier alpha value is -1.84. The minimum atomic E-state index is -0.299. The molecule has 2 N–H and O–H groups in total. The summed E-state index contributed by atoms with van der Waals surface area (Å²) in [4.78, 5) is 14.9. The summed E-state index contributed by atoms with van der Waals surface area (Å²) in [7, 11) is 0. The molecule has 13 heavy (non-hydrogen) atoms. The Morgan fingerprint density at radius 3 is 3.08 bits per heavy atom. The lowest BCUT2D eigenvalue weighted by atomic mass is 10.3. The third-order valence-electron chi connectivity index (χ3n) is 1.93. The monoisotopic (exact) mass is 175 g/mol. The molecule has 0 unspecified atom stereocenters. The van der Waals surface area contributed by atoms with Crippen molar-refractivity contribution < 1.29 is 0 Å². The number of nitrogen functional groups attached to an aromatic ring is 1. The predicted octanol–water partition coefficient (Wildman–Crippen LogP) is 0.585. The lowest BCUT2D eigenvalue weighted by molar-refractivity contribution is 1.07. The summed E-state index contributed by atoms with van der Waals surface area (Å²) in [5, 5.41) is 0. The second kappa shape index (κ2) is 2.58. The van der Waals surface area contributed by atoms with E-state index >= 15 is 0 Å². The van der Waals surface area contributed by atoms with Gasteiger partial charge in [0.25, 0.3) is 5.56 Å². The molecule has 0 fully saturated rings. The third kappa shape index (κ3) is 1.16. The van der Waals surface area contributed by atoms with Gasteiger partial charge in [-0.05, 0) is 18.6 Å². The Kier molecular flexibility index (Phi) is 1.55. The largest absolute Gasteiger partial charge is 0.385 e. The van der Waals surface area contributed by atoms with Gasteiger partial charge in [-0.2, -0.15) is 4.98 Å². The van der Waals surface area contributed by atoms with Crippen molar-refractivity contribution in [2.24, 2.45) is 0 Å². The maximum absolute atomic E-state index is 11.1. The van der Waals surface area contributed by atoms with Crippen LogP contribution in [0.1, 0.15) is 5.56 Å². The topological polar surface area (TPSA) is 60.4 Å². The number of pyridine rings is 1. The molecule has 2 heterocycles. The van der Waals surface area contributed by atoms with Gasteiger partial charge in [0, 0.05) is 12.3 Å². The van der Waals surface area contributed by atoms with Crippen molar-refractivity contribution in [3.63, 3.8) is 0 Å². The number of nitrogens with zero attached hydrogens (tertiary/aromatic N) is 2. The van der Waals surface area contributed by atoms with E-state index in [9.17, 15) is 4.79 Å². The number of nitrogens with two attached hydrogens (primary N) is 1. The van der Waals surface area contributed by atoms with Gasteiger partial charge >= 0.3 is 0 Å². The molecule has 2 aromatic rings. The highest BCUT2D eigenvalue weighted by Crippen LogP contribution is 2.07. The summed E-state index contributed by atoms with van der Waals surface area (Å²) < 4.78 is 1.69. The molecule has 0 aromatic carbocycles. The van der Waals surface area contributed by atoms with E-state index in [0.29, 0.717) is 11.5 Å². The Labute approximate surface area is 74.6 Å². The van der Waals surface area contributed by atoms with Crippen molar-refractivity contribution >= 4 is 11.5 Å². The maximum atomic E-state index is 11.1. The number of aromatic nitrogens is 2. The summed E-state index contributed by atoms with van der Waals surface area (Å²) in [6.45, 7) is 1.89. The number of fused-ring (bicyclic) bond motifs is 1. The first-order valence-electron chi connectivity index (χ1n) is 3.93. The van der Waals surface area contributed by atoms with Crippen LogP contribution in [-0.2, 0) is 0 Å². The summed E-state index contributed by atoms with van der Waals surface area (Å²) >= 11 is 0. The average Bonchev–Trinajstić information content (AvgIpc) is 2.07. The zero-order chi connectivity index (χ0) is 9.42. The molecule has 0 radical (unpaired) electrons. The van der Waals surface area contributed by atoms with E-state index in [-0.39, 0.29) is 5.56 Å². The predicted molar refractivity (Wildman–Crippen MR) is 50.6 cm³/mol. The van der Waals surface area contributed by atoms with Crippen LogP contribution in [-0.4, -0.2) is 9.38 Å². The summed E-state index contributed by atoms with van der Waals surface area (Å²) in [5.41, 5.74) is 6.90. The number of aryl methyl sites for hydroxylation is 1. The molecule has 2 aromatic heterocycles. The fourth-order valence-electron chi connectivity index (χ4n) is 1.29. The van der Waals surface area contributed by atoms with Crippen LogP contribution in [0.5, 0.6) is 0 Å². The molecular formula is C9H9N3O. The molecule has 0 aliphatic rings. The van der Waals surface area contributed by atoms with Gasteiger partial charge in [-0.25, -0.2) is 0 Å². The summed E-state index contributed by atoms with van der Waals surface area (Å²) in [6, 6.07) is 5.07. The molecule has 4 nitrogen and oxygen atoms in total. The second-order valence-corrected chi connectivity index (χ2v) is 2.90. The summed E-state index contributed by atoms with van der Waals surface area (Å²) in [5.74, 6) is 0.415. The van der Waals surface area contributed by atoms with Gasteiger partial charge in [0.1, 0.15) is 11.5 Å². The lowest BCUT2D eigenvalue weighted by Crippen LogP contribution is -2.12. The molecule has 0 spiro atoms. The SMILES string of the molecule is Cc1cccn2c(N)cc(=O)nc12. The van der Waals surface area contributed by atoms with E-state index in [2.05, 4.69) is 4.98 Å². The molecule has 0 atom stereocenters. The standard InChI is InChI=1S/C9H9N3O/c1-6-3-2-4-12-7(10)5-8(13)11-9(6)12/h2-5H,10H2,1H3. The van der Waals surface area contributed by atoms with E-state index < -0.39 is 0 Å². The van der Waals surface area contributed by atoms with Crippen LogP contribution in [0.2, 0.25) is 0 Å². The second-order valence-electron chi connectivity index (χ2n) is 2.90. The van der Waals surface area contributed by atoms with Gasteiger partial charge in [0.2, 0.25) is 0 Å². The molecule has 2 rings (SSSR count). The van der Waals surface area contributed by atoms with Crippen LogP contribution in [0.4, 0.5) is 5.82 Å². The highest BCUT2D eigenvalue weighted by atomic mass is 16.1. The van der Waals surface area contributed by atoms with Crippen molar-refractivity contribution in [3.05, 3.63) is 40.3 Å². The smallest absolute Gasteiger partial charge is 0.275 e. The first-order chi connectivity index (χ1) is 6.18. The van der Waals surface area contributed by atoms with Crippen LogP contribution >= 0.6 is 0 Å². The highest BCUT2D eigenvalue weighted by Gasteiger charge is 2.00. The zero-order valence-electron chi connectivity index (χ0n) is 7.19. The minimum Gasteiger partial charge on any atom is -0.385 e. The third-order valence-corrected chi connectivity index (χ3v) is 1.93. The van der Waals surface area contributed by atoms with Gasteiger partial charge in [0.15, 0.2) is 0 Å². The van der Waals surface area contributed by atoms with E-state index in [4.69, 9.17) is 5.73 Å². The van der Waals surface area contributed by atoms with Crippen molar-refractivity contribution in [2.45, 2.75) is 6.92 Å². The van der Waals surface area contributed by atoms with Crippen LogP contribution in [0.25, 0.3) is 5.65 Å². The van der Waals surface area contributed by atoms with E-state index in [0.717, 1.165) is 5.56 Å². The Morgan fingerprint density at radius 2 is 2.31 bits per heavy atom. The summed E-state index contributed by atoms with van der Waals surface area (Å²) in [6.07, 6.45) is 1.78. The van der Waals surface area contributed by atoms with Crippen molar-refractivity contribution in [1.29, 1.82) is 0 Å². The van der Waals surface area contributed by atoms with Crippen LogP contribution < -0.4 is 11.3 Å². The molecule has 0 amide bonds. The Bertz CT molecular complexity index is 516. The number of anilines is 1. The molecule has 0 aliphatic heterocycles. The van der Waals surface area contributed by atoms with Gasteiger partial charge in [0.05, 0.1) is 0 Å². The van der Waals surface area contributed by atoms with Crippen LogP contribution in [0, 0.1) is 6.92 Å².